The van der Waals surface area contributed by atoms with Gasteiger partial charge in [0.1, 0.15) is 0 Å². The van der Waals surface area contributed by atoms with Crippen LogP contribution in [0.3, 0.4) is 0 Å². The van der Waals surface area contributed by atoms with Gasteiger partial charge in [0, 0.05) is 27.2 Å². The summed E-state index contributed by atoms with van der Waals surface area (Å²) in [6.45, 7) is 0.768. The highest BCUT2D eigenvalue weighted by atomic mass is 16.5. The molecule has 74 valence electrons. The van der Waals surface area contributed by atoms with E-state index in [0.29, 0.717) is 0 Å². The number of dihydropyridines is 1. The lowest BCUT2D eigenvalue weighted by atomic mass is 10.1. The first-order valence-corrected chi connectivity index (χ1v) is 4.49. The molecule has 0 bridgehead atoms. The quantitative estimate of drug-likeness (QED) is 0.654. The summed E-state index contributed by atoms with van der Waals surface area (Å²) in [6.07, 6.45) is 9.77. The van der Waals surface area contributed by atoms with Crippen molar-refractivity contribution in [1.29, 1.82) is 0 Å². The molecule has 0 radical (unpaired) electrons. The predicted molar refractivity (Wildman–Crippen MR) is 52.3 cm³/mol. The van der Waals surface area contributed by atoms with Gasteiger partial charge in [0.2, 0.25) is 0 Å². The predicted octanol–water partition coefficient (Wildman–Crippen LogP) is 1.43. The topological polar surface area (TPSA) is 30.5 Å². The van der Waals surface area contributed by atoms with Crippen LogP contribution in [0.5, 0.6) is 0 Å². The molecule has 13 heavy (non-hydrogen) atoms. The van der Waals surface area contributed by atoms with E-state index in [1.807, 2.05) is 24.4 Å². The molecular weight excluding hydrogens is 166 g/mol. The minimum absolute atomic E-state index is 0.326. The van der Waals surface area contributed by atoms with Gasteiger partial charge in [0.05, 0.1) is 0 Å². The van der Waals surface area contributed by atoms with Crippen molar-refractivity contribution in [1.82, 2.24) is 5.32 Å². The first-order chi connectivity index (χ1) is 6.33. The number of allylic oxidation sites excluding steroid dienone is 2. The van der Waals surface area contributed by atoms with E-state index in [1.165, 1.54) is 0 Å². The Morgan fingerprint density at radius 1 is 1.31 bits per heavy atom. The summed E-state index contributed by atoms with van der Waals surface area (Å²) >= 11 is 0. The van der Waals surface area contributed by atoms with Gasteiger partial charge in [0.25, 0.3) is 0 Å². The molecule has 1 N–H and O–H groups in total. The highest BCUT2D eigenvalue weighted by molar-refractivity contribution is 5.15. The number of hydrogen-bond donors (Lipinski definition) is 1. The van der Waals surface area contributed by atoms with Crippen LogP contribution in [-0.2, 0) is 9.47 Å². The second kappa shape index (κ2) is 5.04. The zero-order valence-corrected chi connectivity index (χ0v) is 8.25. The van der Waals surface area contributed by atoms with E-state index in [2.05, 4.69) is 5.32 Å². The molecule has 0 amide bonds. The van der Waals surface area contributed by atoms with Gasteiger partial charge in [-0.25, -0.2) is 0 Å². The molecule has 0 aromatic carbocycles. The van der Waals surface area contributed by atoms with Gasteiger partial charge in [-0.3, -0.25) is 0 Å². The van der Waals surface area contributed by atoms with Crippen LogP contribution in [0.2, 0.25) is 0 Å². The number of hydrogen-bond acceptors (Lipinski definition) is 3. The number of rotatable bonds is 5. The third-order valence-corrected chi connectivity index (χ3v) is 2.16. The molecule has 1 aliphatic heterocycles. The fourth-order valence-corrected chi connectivity index (χ4v) is 1.37. The van der Waals surface area contributed by atoms with Crippen molar-refractivity contribution >= 4 is 0 Å². The molecule has 0 saturated heterocycles. The Bertz CT molecular complexity index is 201. The summed E-state index contributed by atoms with van der Waals surface area (Å²) in [4.78, 5) is 0. The second-order valence-electron chi connectivity index (χ2n) is 3.05. The maximum absolute atomic E-state index is 5.42. The lowest BCUT2D eigenvalue weighted by Crippen LogP contribution is -2.43. The molecule has 0 spiro atoms. The Kier molecular flexibility index (Phi) is 3.99. The summed E-state index contributed by atoms with van der Waals surface area (Å²) in [5.74, 6) is 0. The standard InChI is InChI=1S/C10H17NO2/c1-12-9-5-7-10(13-2)6-3-4-8-11-10/h3-4,6,8,11H,5,7,9H2,1-2H3. The first-order valence-electron chi connectivity index (χ1n) is 4.49. The van der Waals surface area contributed by atoms with Gasteiger partial charge in [-0.05, 0) is 24.8 Å². The molecule has 1 heterocycles. The van der Waals surface area contributed by atoms with Crippen LogP contribution in [0, 0.1) is 0 Å². The lowest BCUT2D eigenvalue weighted by molar-refractivity contribution is -0.000342. The highest BCUT2D eigenvalue weighted by Gasteiger charge is 2.25. The molecular formula is C10H17NO2. The summed E-state index contributed by atoms with van der Waals surface area (Å²) < 4.78 is 10.4. The number of methoxy groups -OCH3 is 2. The Hall–Kier alpha value is -0.800. The summed E-state index contributed by atoms with van der Waals surface area (Å²) in [5, 5.41) is 3.20. The van der Waals surface area contributed by atoms with Crippen LogP contribution < -0.4 is 5.32 Å². The average Bonchev–Trinajstić information content (AvgIpc) is 2.20. The molecule has 0 fully saturated rings. The van der Waals surface area contributed by atoms with Crippen molar-refractivity contribution in [2.45, 2.75) is 18.6 Å². The Labute approximate surface area is 79.4 Å². The van der Waals surface area contributed by atoms with E-state index >= 15 is 0 Å². The Morgan fingerprint density at radius 2 is 2.15 bits per heavy atom. The van der Waals surface area contributed by atoms with Gasteiger partial charge < -0.3 is 14.8 Å². The van der Waals surface area contributed by atoms with E-state index in [9.17, 15) is 0 Å². The van der Waals surface area contributed by atoms with E-state index in [1.54, 1.807) is 14.2 Å². The van der Waals surface area contributed by atoms with Crippen LogP contribution in [0.25, 0.3) is 0 Å². The van der Waals surface area contributed by atoms with Crippen molar-refractivity contribution < 1.29 is 9.47 Å². The number of nitrogens with one attached hydrogen (secondary N) is 1. The van der Waals surface area contributed by atoms with Gasteiger partial charge in [-0.15, -0.1) is 0 Å². The molecule has 0 aromatic heterocycles. The van der Waals surface area contributed by atoms with Crippen LogP contribution >= 0.6 is 0 Å². The molecule has 0 aromatic rings. The average molecular weight is 183 g/mol. The molecule has 0 saturated carbocycles. The normalized spacial score (nSPS) is 26.0. The monoisotopic (exact) mass is 183 g/mol. The first kappa shape index (κ1) is 10.3. The molecule has 1 unspecified atom stereocenters. The van der Waals surface area contributed by atoms with Gasteiger partial charge in [-0.2, -0.15) is 0 Å². The largest absolute Gasteiger partial charge is 0.385 e. The maximum Gasteiger partial charge on any atom is 0.157 e. The molecule has 1 rings (SSSR count). The van der Waals surface area contributed by atoms with E-state index < -0.39 is 0 Å². The molecule has 0 aliphatic carbocycles. The van der Waals surface area contributed by atoms with E-state index in [4.69, 9.17) is 9.47 Å². The van der Waals surface area contributed by atoms with Crippen LogP contribution in [0.4, 0.5) is 0 Å². The third-order valence-electron chi connectivity index (χ3n) is 2.16. The van der Waals surface area contributed by atoms with Crippen molar-refractivity contribution in [3.63, 3.8) is 0 Å². The van der Waals surface area contributed by atoms with E-state index in [0.717, 1.165) is 19.4 Å². The second-order valence-corrected chi connectivity index (χ2v) is 3.05. The minimum atomic E-state index is -0.326. The maximum atomic E-state index is 5.42. The smallest absolute Gasteiger partial charge is 0.157 e. The molecule has 1 atom stereocenters. The highest BCUT2D eigenvalue weighted by Crippen LogP contribution is 2.18. The SMILES string of the molecule is COCCCC1(OC)C=CC=CN1. The summed E-state index contributed by atoms with van der Waals surface area (Å²) in [6, 6.07) is 0. The Balaban J connectivity index is 2.40. The molecule has 1 aliphatic rings. The fraction of sp³-hybridized carbons (Fsp3) is 0.600. The third kappa shape index (κ3) is 2.86. The fourth-order valence-electron chi connectivity index (χ4n) is 1.37. The zero-order valence-electron chi connectivity index (χ0n) is 8.25. The number of ether oxygens (including phenoxy) is 2. The van der Waals surface area contributed by atoms with Crippen LogP contribution in [0.1, 0.15) is 12.8 Å². The van der Waals surface area contributed by atoms with Gasteiger partial charge in [0.15, 0.2) is 5.72 Å². The van der Waals surface area contributed by atoms with Crippen molar-refractivity contribution in [3.8, 4) is 0 Å². The molecule has 3 nitrogen and oxygen atoms in total. The van der Waals surface area contributed by atoms with Gasteiger partial charge >= 0.3 is 0 Å². The minimum Gasteiger partial charge on any atom is -0.385 e. The van der Waals surface area contributed by atoms with E-state index in [-0.39, 0.29) is 5.72 Å². The van der Waals surface area contributed by atoms with Crippen LogP contribution in [-0.4, -0.2) is 26.6 Å². The van der Waals surface area contributed by atoms with Gasteiger partial charge in [-0.1, -0.05) is 6.08 Å². The van der Waals surface area contributed by atoms with Crippen molar-refractivity contribution in [2.75, 3.05) is 20.8 Å². The Morgan fingerprint density at radius 3 is 2.69 bits per heavy atom. The zero-order chi connectivity index (χ0) is 9.57. The molecule has 3 heteroatoms. The summed E-state index contributed by atoms with van der Waals surface area (Å²) in [7, 11) is 3.42. The lowest BCUT2D eigenvalue weighted by Gasteiger charge is -2.31. The van der Waals surface area contributed by atoms with Crippen molar-refractivity contribution in [2.24, 2.45) is 0 Å². The van der Waals surface area contributed by atoms with Crippen molar-refractivity contribution in [3.05, 3.63) is 24.4 Å². The van der Waals surface area contributed by atoms with Crippen LogP contribution in [0.15, 0.2) is 24.4 Å². The summed E-state index contributed by atoms with van der Waals surface area (Å²) in [5.41, 5.74) is -0.326.